The summed E-state index contributed by atoms with van der Waals surface area (Å²) in [6, 6.07) is 3.72. The first-order valence-electron chi connectivity index (χ1n) is 6.77. The SMILES string of the molecule is CCCc1cc(C(=O)O)cc(NC2CCCSC2)n1. The van der Waals surface area contributed by atoms with Gasteiger partial charge in [-0.3, -0.25) is 0 Å². The summed E-state index contributed by atoms with van der Waals surface area (Å²) in [6.45, 7) is 2.07. The van der Waals surface area contributed by atoms with Crippen LogP contribution in [0.3, 0.4) is 0 Å². The second-order valence-corrected chi connectivity index (χ2v) is 6.00. The zero-order chi connectivity index (χ0) is 13.7. The number of nitrogens with one attached hydrogen (secondary N) is 1. The highest BCUT2D eigenvalue weighted by Crippen LogP contribution is 2.21. The molecule has 2 N–H and O–H groups in total. The van der Waals surface area contributed by atoms with Gasteiger partial charge in [0.1, 0.15) is 5.82 Å². The lowest BCUT2D eigenvalue weighted by Crippen LogP contribution is -2.26. The first kappa shape index (κ1) is 14.2. The zero-order valence-corrected chi connectivity index (χ0v) is 12.0. The molecule has 0 radical (unpaired) electrons. The Bertz CT molecular complexity index is 445. The molecule has 19 heavy (non-hydrogen) atoms. The van der Waals surface area contributed by atoms with E-state index in [2.05, 4.69) is 17.2 Å². The molecule has 1 aromatic rings. The Balaban J connectivity index is 2.15. The van der Waals surface area contributed by atoms with E-state index in [0.29, 0.717) is 17.4 Å². The van der Waals surface area contributed by atoms with E-state index in [4.69, 9.17) is 5.11 Å². The number of carboxylic acids is 1. The number of carboxylic acid groups (broad SMARTS) is 1. The van der Waals surface area contributed by atoms with Gasteiger partial charge in [0.2, 0.25) is 0 Å². The fourth-order valence-corrected chi connectivity index (χ4v) is 3.31. The van der Waals surface area contributed by atoms with Crippen LogP contribution in [0.5, 0.6) is 0 Å². The highest BCUT2D eigenvalue weighted by molar-refractivity contribution is 7.99. The van der Waals surface area contributed by atoms with E-state index in [0.717, 1.165) is 30.7 Å². The van der Waals surface area contributed by atoms with Crippen LogP contribution >= 0.6 is 11.8 Å². The molecular formula is C14H20N2O2S. The van der Waals surface area contributed by atoms with Gasteiger partial charge < -0.3 is 10.4 Å². The van der Waals surface area contributed by atoms with Crippen LogP contribution in [0.2, 0.25) is 0 Å². The average Bonchev–Trinajstić information content (AvgIpc) is 2.40. The smallest absolute Gasteiger partial charge is 0.335 e. The summed E-state index contributed by atoms with van der Waals surface area (Å²) in [5.41, 5.74) is 1.18. The van der Waals surface area contributed by atoms with Crippen molar-refractivity contribution in [1.29, 1.82) is 0 Å². The number of pyridine rings is 1. The normalized spacial score (nSPS) is 19.1. The third-order valence-corrected chi connectivity index (χ3v) is 4.36. The van der Waals surface area contributed by atoms with Gasteiger partial charge in [0, 0.05) is 17.5 Å². The maximum absolute atomic E-state index is 11.1. The molecule has 0 spiro atoms. The first-order chi connectivity index (χ1) is 9.19. The molecule has 5 heteroatoms. The minimum absolute atomic E-state index is 0.324. The lowest BCUT2D eigenvalue weighted by Gasteiger charge is -2.23. The van der Waals surface area contributed by atoms with Crippen molar-refractivity contribution in [1.82, 2.24) is 4.98 Å². The zero-order valence-electron chi connectivity index (χ0n) is 11.2. The molecule has 2 heterocycles. The Morgan fingerprint density at radius 3 is 3.05 bits per heavy atom. The number of hydrogen-bond acceptors (Lipinski definition) is 4. The quantitative estimate of drug-likeness (QED) is 0.868. The van der Waals surface area contributed by atoms with Crippen molar-refractivity contribution in [2.24, 2.45) is 0 Å². The van der Waals surface area contributed by atoms with Gasteiger partial charge in [-0.2, -0.15) is 11.8 Å². The van der Waals surface area contributed by atoms with Crippen LogP contribution in [0.1, 0.15) is 42.2 Å². The molecule has 0 aromatic carbocycles. The second kappa shape index (κ2) is 6.80. The molecule has 0 aliphatic carbocycles. The van der Waals surface area contributed by atoms with Gasteiger partial charge in [-0.1, -0.05) is 13.3 Å². The van der Waals surface area contributed by atoms with Crippen molar-refractivity contribution < 1.29 is 9.90 Å². The van der Waals surface area contributed by atoms with Crippen LogP contribution in [-0.2, 0) is 6.42 Å². The topological polar surface area (TPSA) is 62.2 Å². The standard InChI is InChI=1S/C14H20N2O2S/c1-2-4-11-7-10(14(17)18)8-13(15-11)16-12-5-3-6-19-9-12/h7-8,12H,2-6,9H2,1H3,(H,15,16)(H,17,18). The molecule has 1 atom stereocenters. The number of nitrogens with zero attached hydrogens (tertiary/aromatic N) is 1. The summed E-state index contributed by atoms with van der Waals surface area (Å²) in [5, 5.41) is 12.5. The molecule has 0 saturated carbocycles. The van der Waals surface area contributed by atoms with Crippen molar-refractivity contribution in [3.05, 3.63) is 23.4 Å². The molecule has 1 unspecified atom stereocenters. The summed E-state index contributed by atoms with van der Waals surface area (Å²) < 4.78 is 0. The number of thioether (sulfide) groups is 1. The summed E-state index contributed by atoms with van der Waals surface area (Å²) >= 11 is 1.94. The van der Waals surface area contributed by atoms with Crippen LogP contribution in [-0.4, -0.2) is 33.6 Å². The number of carbonyl (C=O) groups is 1. The van der Waals surface area contributed by atoms with Gasteiger partial charge in [0.15, 0.2) is 0 Å². The van der Waals surface area contributed by atoms with Gasteiger partial charge >= 0.3 is 5.97 Å². The van der Waals surface area contributed by atoms with E-state index in [-0.39, 0.29) is 0 Å². The largest absolute Gasteiger partial charge is 0.478 e. The number of rotatable bonds is 5. The lowest BCUT2D eigenvalue weighted by molar-refractivity contribution is 0.0696. The maximum atomic E-state index is 11.1. The van der Waals surface area contributed by atoms with Gasteiger partial charge in [0.05, 0.1) is 5.56 Å². The average molecular weight is 280 g/mol. The third kappa shape index (κ3) is 4.13. The predicted molar refractivity (Wildman–Crippen MR) is 79.2 cm³/mol. The molecule has 1 saturated heterocycles. The van der Waals surface area contributed by atoms with E-state index in [1.165, 1.54) is 12.2 Å². The lowest BCUT2D eigenvalue weighted by atomic mass is 10.1. The Labute approximate surface area is 118 Å². The van der Waals surface area contributed by atoms with Crippen molar-refractivity contribution in [2.45, 2.75) is 38.6 Å². The summed E-state index contributed by atoms with van der Waals surface area (Å²) in [6.07, 6.45) is 4.13. The monoisotopic (exact) mass is 280 g/mol. The molecule has 1 aromatic heterocycles. The molecular weight excluding hydrogens is 260 g/mol. The summed E-state index contributed by atoms with van der Waals surface area (Å²) in [7, 11) is 0. The van der Waals surface area contributed by atoms with Crippen LogP contribution in [0.4, 0.5) is 5.82 Å². The maximum Gasteiger partial charge on any atom is 0.335 e. The Morgan fingerprint density at radius 1 is 1.58 bits per heavy atom. The molecule has 1 aliphatic rings. The van der Waals surface area contributed by atoms with Crippen LogP contribution in [0.25, 0.3) is 0 Å². The van der Waals surface area contributed by atoms with Crippen molar-refractivity contribution in [3.63, 3.8) is 0 Å². The van der Waals surface area contributed by atoms with E-state index >= 15 is 0 Å². The van der Waals surface area contributed by atoms with Gasteiger partial charge in [-0.15, -0.1) is 0 Å². The first-order valence-corrected chi connectivity index (χ1v) is 7.93. The van der Waals surface area contributed by atoms with Gasteiger partial charge in [0.25, 0.3) is 0 Å². The predicted octanol–water partition coefficient (Wildman–Crippen LogP) is 3.04. The number of hydrogen-bond donors (Lipinski definition) is 2. The van der Waals surface area contributed by atoms with Crippen molar-refractivity contribution >= 4 is 23.5 Å². The summed E-state index contributed by atoms with van der Waals surface area (Å²) in [4.78, 5) is 15.7. The minimum Gasteiger partial charge on any atom is -0.478 e. The van der Waals surface area contributed by atoms with Gasteiger partial charge in [-0.25, -0.2) is 9.78 Å². The molecule has 2 rings (SSSR count). The van der Waals surface area contributed by atoms with Crippen LogP contribution in [0.15, 0.2) is 12.1 Å². The van der Waals surface area contributed by atoms with Crippen LogP contribution in [0, 0.1) is 0 Å². The number of aryl methyl sites for hydroxylation is 1. The van der Waals surface area contributed by atoms with E-state index in [1.54, 1.807) is 12.1 Å². The molecule has 0 bridgehead atoms. The van der Waals surface area contributed by atoms with Crippen LogP contribution < -0.4 is 5.32 Å². The molecule has 104 valence electrons. The number of aromatic nitrogens is 1. The molecule has 4 nitrogen and oxygen atoms in total. The minimum atomic E-state index is -0.888. The number of anilines is 1. The fraction of sp³-hybridized carbons (Fsp3) is 0.571. The Kier molecular flexibility index (Phi) is 5.07. The highest BCUT2D eigenvalue weighted by Gasteiger charge is 2.15. The van der Waals surface area contributed by atoms with Gasteiger partial charge in [-0.05, 0) is 37.1 Å². The molecule has 0 amide bonds. The number of aromatic carboxylic acids is 1. The molecule has 1 fully saturated rings. The second-order valence-electron chi connectivity index (χ2n) is 4.85. The van der Waals surface area contributed by atoms with E-state index in [1.807, 2.05) is 11.8 Å². The third-order valence-electron chi connectivity index (χ3n) is 3.14. The highest BCUT2D eigenvalue weighted by atomic mass is 32.2. The molecule has 1 aliphatic heterocycles. The summed E-state index contributed by atoms with van der Waals surface area (Å²) in [5.74, 6) is 2.11. The van der Waals surface area contributed by atoms with Crippen molar-refractivity contribution in [3.8, 4) is 0 Å². The Morgan fingerprint density at radius 2 is 2.42 bits per heavy atom. The van der Waals surface area contributed by atoms with Crippen molar-refractivity contribution in [2.75, 3.05) is 16.8 Å². The fourth-order valence-electron chi connectivity index (χ4n) is 2.23. The Hall–Kier alpha value is -1.23. The van der Waals surface area contributed by atoms with E-state index < -0.39 is 5.97 Å². The van der Waals surface area contributed by atoms with E-state index in [9.17, 15) is 4.79 Å².